The maximum absolute atomic E-state index is 11.8. The molecule has 0 radical (unpaired) electrons. The SMILES string of the molecule is COCCC(C)(O)CNC(=O)Cc1ccccc1N. The Bertz CT molecular complexity index is 419. The van der Waals surface area contributed by atoms with Crippen molar-refractivity contribution in [2.75, 3.05) is 26.0 Å². The van der Waals surface area contributed by atoms with Crippen LogP contribution in [0.1, 0.15) is 18.9 Å². The van der Waals surface area contributed by atoms with Crippen molar-refractivity contribution in [3.8, 4) is 0 Å². The molecule has 1 aromatic carbocycles. The number of carbonyl (C=O) groups is 1. The summed E-state index contributed by atoms with van der Waals surface area (Å²) >= 11 is 0. The Labute approximate surface area is 113 Å². The summed E-state index contributed by atoms with van der Waals surface area (Å²) in [7, 11) is 1.58. The second kappa shape index (κ2) is 7.11. The molecule has 1 aromatic rings. The van der Waals surface area contributed by atoms with E-state index in [0.717, 1.165) is 5.56 Å². The summed E-state index contributed by atoms with van der Waals surface area (Å²) in [6.45, 7) is 2.32. The first kappa shape index (κ1) is 15.5. The summed E-state index contributed by atoms with van der Waals surface area (Å²) in [6.07, 6.45) is 0.685. The van der Waals surface area contributed by atoms with Gasteiger partial charge in [-0.1, -0.05) is 18.2 Å². The maximum Gasteiger partial charge on any atom is 0.224 e. The molecule has 1 amide bonds. The number of aliphatic hydroxyl groups is 1. The van der Waals surface area contributed by atoms with Gasteiger partial charge in [0.15, 0.2) is 0 Å². The molecule has 5 nitrogen and oxygen atoms in total. The van der Waals surface area contributed by atoms with Gasteiger partial charge in [0.05, 0.1) is 12.0 Å². The van der Waals surface area contributed by atoms with Gasteiger partial charge in [-0.3, -0.25) is 4.79 Å². The second-order valence-corrected chi connectivity index (χ2v) is 4.89. The number of anilines is 1. The van der Waals surface area contributed by atoms with Gasteiger partial charge in [-0.05, 0) is 18.6 Å². The first-order chi connectivity index (χ1) is 8.94. The fourth-order valence-corrected chi connectivity index (χ4v) is 1.63. The van der Waals surface area contributed by atoms with E-state index >= 15 is 0 Å². The summed E-state index contributed by atoms with van der Waals surface area (Å²) < 4.78 is 4.91. The number of nitrogens with one attached hydrogen (secondary N) is 1. The van der Waals surface area contributed by atoms with Crippen molar-refractivity contribution in [2.24, 2.45) is 0 Å². The highest BCUT2D eigenvalue weighted by molar-refractivity contribution is 5.80. The molecule has 0 aliphatic rings. The van der Waals surface area contributed by atoms with Gasteiger partial charge in [0, 0.05) is 32.4 Å². The zero-order valence-corrected chi connectivity index (χ0v) is 11.5. The number of methoxy groups -OCH3 is 1. The molecule has 5 heteroatoms. The van der Waals surface area contributed by atoms with Crippen LogP contribution in [0.25, 0.3) is 0 Å². The summed E-state index contributed by atoms with van der Waals surface area (Å²) in [5.74, 6) is -0.157. The van der Waals surface area contributed by atoms with E-state index in [1.54, 1.807) is 20.1 Å². The van der Waals surface area contributed by atoms with E-state index in [1.165, 1.54) is 0 Å². The topological polar surface area (TPSA) is 84.6 Å². The molecule has 1 rings (SSSR count). The van der Waals surface area contributed by atoms with Gasteiger partial charge in [0.1, 0.15) is 0 Å². The number of hydrogen-bond acceptors (Lipinski definition) is 4. The van der Waals surface area contributed by atoms with Crippen LogP contribution >= 0.6 is 0 Å². The first-order valence-electron chi connectivity index (χ1n) is 6.26. The van der Waals surface area contributed by atoms with Crippen LogP contribution in [0.4, 0.5) is 5.69 Å². The Morgan fingerprint density at radius 2 is 2.16 bits per heavy atom. The van der Waals surface area contributed by atoms with E-state index in [9.17, 15) is 9.90 Å². The molecule has 1 atom stereocenters. The Hall–Kier alpha value is -1.59. The maximum atomic E-state index is 11.8. The zero-order valence-electron chi connectivity index (χ0n) is 11.5. The monoisotopic (exact) mass is 266 g/mol. The molecule has 0 aliphatic carbocycles. The van der Waals surface area contributed by atoms with E-state index < -0.39 is 5.60 Å². The van der Waals surface area contributed by atoms with Crippen molar-refractivity contribution in [1.82, 2.24) is 5.32 Å². The molecule has 1 unspecified atom stereocenters. The molecule has 106 valence electrons. The molecule has 19 heavy (non-hydrogen) atoms. The highest BCUT2D eigenvalue weighted by atomic mass is 16.5. The number of rotatable bonds is 7. The number of para-hydroxylation sites is 1. The van der Waals surface area contributed by atoms with Crippen LogP contribution in [0.2, 0.25) is 0 Å². The van der Waals surface area contributed by atoms with Gasteiger partial charge in [-0.2, -0.15) is 0 Å². The van der Waals surface area contributed by atoms with Crippen LogP contribution in [0.15, 0.2) is 24.3 Å². The molecule has 0 saturated heterocycles. The Morgan fingerprint density at radius 3 is 2.79 bits per heavy atom. The van der Waals surface area contributed by atoms with Gasteiger partial charge < -0.3 is 20.9 Å². The van der Waals surface area contributed by atoms with E-state index in [4.69, 9.17) is 10.5 Å². The van der Waals surface area contributed by atoms with Crippen LogP contribution in [0.5, 0.6) is 0 Å². The van der Waals surface area contributed by atoms with Gasteiger partial charge >= 0.3 is 0 Å². The molecule has 0 spiro atoms. The minimum atomic E-state index is -0.964. The Morgan fingerprint density at radius 1 is 1.47 bits per heavy atom. The number of nitrogen functional groups attached to an aromatic ring is 1. The van der Waals surface area contributed by atoms with Gasteiger partial charge in [-0.25, -0.2) is 0 Å². The zero-order chi connectivity index (χ0) is 14.3. The average Bonchev–Trinajstić information content (AvgIpc) is 2.37. The van der Waals surface area contributed by atoms with Crippen molar-refractivity contribution in [3.05, 3.63) is 29.8 Å². The van der Waals surface area contributed by atoms with Crippen LogP contribution < -0.4 is 11.1 Å². The minimum absolute atomic E-state index is 0.157. The molecule has 0 fully saturated rings. The van der Waals surface area contributed by atoms with Crippen molar-refractivity contribution >= 4 is 11.6 Å². The van der Waals surface area contributed by atoms with Crippen molar-refractivity contribution in [3.63, 3.8) is 0 Å². The first-order valence-corrected chi connectivity index (χ1v) is 6.26. The molecule has 0 bridgehead atoms. The quantitative estimate of drug-likeness (QED) is 0.635. The van der Waals surface area contributed by atoms with Crippen LogP contribution in [0, 0.1) is 0 Å². The van der Waals surface area contributed by atoms with E-state index in [2.05, 4.69) is 5.32 Å². The van der Waals surface area contributed by atoms with Crippen LogP contribution in [-0.4, -0.2) is 36.9 Å². The lowest BCUT2D eigenvalue weighted by atomic mass is 10.0. The third-order valence-corrected chi connectivity index (χ3v) is 2.92. The number of carbonyl (C=O) groups excluding carboxylic acids is 1. The molecular weight excluding hydrogens is 244 g/mol. The Balaban J connectivity index is 2.42. The smallest absolute Gasteiger partial charge is 0.224 e. The predicted octanol–water partition coefficient (Wildman–Crippen LogP) is 0.715. The van der Waals surface area contributed by atoms with Gasteiger partial charge in [-0.15, -0.1) is 0 Å². The summed E-state index contributed by atoms with van der Waals surface area (Å²) in [5, 5.41) is 12.7. The van der Waals surface area contributed by atoms with E-state index in [0.29, 0.717) is 18.7 Å². The fourth-order valence-electron chi connectivity index (χ4n) is 1.63. The third-order valence-electron chi connectivity index (χ3n) is 2.92. The van der Waals surface area contributed by atoms with Gasteiger partial charge in [0.2, 0.25) is 5.91 Å². The second-order valence-electron chi connectivity index (χ2n) is 4.89. The van der Waals surface area contributed by atoms with E-state index in [-0.39, 0.29) is 18.9 Å². The molecule has 4 N–H and O–H groups in total. The third kappa shape index (κ3) is 5.72. The van der Waals surface area contributed by atoms with Crippen LogP contribution in [0.3, 0.4) is 0 Å². The average molecular weight is 266 g/mol. The molecule has 0 aliphatic heterocycles. The summed E-state index contributed by atoms with van der Waals surface area (Å²) in [4.78, 5) is 11.8. The van der Waals surface area contributed by atoms with Gasteiger partial charge in [0.25, 0.3) is 0 Å². The number of benzene rings is 1. The molecule has 0 saturated carbocycles. The lowest BCUT2D eigenvalue weighted by Crippen LogP contribution is -2.41. The lowest BCUT2D eigenvalue weighted by molar-refractivity contribution is -0.121. The molecule has 0 heterocycles. The van der Waals surface area contributed by atoms with Crippen molar-refractivity contribution in [1.29, 1.82) is 0 Å². The van der Waals surface area contributed by atoms with Crippen molar-refractivity contribution < 1.29 is 14.6 Å². The largest absolute Gasteiger partial charge is 0.398 e. The normalized spacial score (nSPS) is 13.8. The molecule has 0 aromatic heterocycles. The number of amides is 1. The van der Waals surface area contributed by atoms with Crippen molar-refractivity contribution in [2.45, 2.75) is 25.4 Å². The lowest BCUT2D eigenvalue weighted by Gasteiger charge is -2.23. The van der Waals surface area contributed by atoms with Crippen LogP contribution in [-0.2, 0) is 16.0 Å². The fraction of sp³-hybridized carbons (Fsp3) is 0.500. The van der Waals surface area contributed by atoms with E-state index in [1.807, 2.05) is 18.2 Å². The Kier molecular flexibility index (Phi) is 5.79. The standard InChI is InChI=1S/C14H22N2O3/c1-14(18,7-8-19-2)10-16-13(17)9-11-5-3-4-6-12(11)15/h3-6,18H,7-10,15H2,1-2H3,(H,16,17). The summed E-state index contributed by atoms with van der Waals surface area (Å²) in [6, 6.07) is 7.25. The highest BCUT2D eigenvalue weighted by Crippen LogP contribution is 2.11. The highest BCUT2D eigenvalue weighted by Gasteiger charge is 2.20. The molecular formula is C14H22N2O3. The number of ether oxygens (including phenoxy) is 1. The number of nitrogens with two attached hydrogens (primary N) is 1. The number of hydrogen-bond donors (Lipinski definition) is 3. The minimum Gasteiger partial charge on any atom is -0.398 e. The predicted molar refractivity (Wildman–Crippen MR) is 74.7 cm³/mol. The summed E-state index contributed by atoms with van der Waals surface area (Å²) in [5.41, 5.74) is 6.20.